The summed E-state index contributed by atoms with van der Waals surface area (Å²) >= 11 is 5.82. The molecule has 0 radical (unpaired) electrons. The second-order valence-electron chi connectivity index (χ2n) is 5.88. The molecular formula is C16H20ClN3O2S. The molecule has 0 unspecified atom stereocenters. The second kappa shape index (κ2) is 6.26. The largest absolute Gasteiger partial charge is 0.332 e. The fourth-order valence-corrected chi connectivity index (χ4v) is 4.53. The van der Waals surface area contributed by atoms with Crippen LogP contribution in [-0.2, 0) is 16.6 Å². The minimum absolute atomic E-state index is 0.164. The van der Waals surface area contributed by atoms with E-state index in [0.29, 0.717) is 18.1 Å². The van der Waals surface area contributed by atoms with E-state index < -0.39 is 10.0 Å². The van der Waals surface area contributed by atoms with Crippen molar-refractivity contribution in [2.24, 2.45) is 0 Å². The Morgan fingerprint density at radius 1 is 1.26 bits per heavy atom. The molecule has 2 heterocycles. The molecule has 1 aliphatic heterocycles. The Morgan fingerprint density at radius 3 is 2.52 bits per heavy atom. The molecule has 3 rings (SSSR count). The highest BCUT2D eigenvalue weighted by Gasteiger charge is 2.39. The Kier molecular flexibility index (Phi) is 4.49. The van der Waals surface area contributed by atoms with Gasteiger partial charge < -0.3 is 4.57 Å². The van der Waals surface area contributed by atoms with Gasteiger partial charge in [0.2, 0.25) is 10.0 Å². The molecule has 5 nitrogen and oxygen atoms in total. The molecule has 2 aromatic rings. The average molecular weight is 354 g/mol. The highest BCUT2D eigenvalue weighted by Crippen LogP contribution is 2.32. The van der Waals surface area contributed by atoms with E-state index in [2.05, 4.69) is 16.5 Å². The maximum Gasteiger partial charge on any atom is 0.243 e. The van der Waals surface area contributed by atoms with Crippen molar-refractivity contribution in [3.8, 4) is 0 Å². The number of aromatic nitrogens is 2. The zero-order chi connectivity index (χ0) is 16.6. The van der Waals surface area contributed by atoms with Crippen LogP contribution in [0.4, 0.5) is 0 Å². The number of imidazole rings is 1. The quantitative estimate of drug-likeness (QED) is 0.830. The van der Waals surface area contributed by atoms with E-state index in [4.69, 9.17) is 11.6 Å². The molecule has 7 heteroatoms. The van der Waals surface area contributed by atoms with Crippen LogP contribution in [0.2, 0.25) is 5.02 Å². The van der Waals surface area contributed by atoms with Crippen LogP contribution in [0.3, 0.4) is 0 Å². The summed E-state index contributed by atoms with van der Waals surface area (Å²) in [6.07, 6.45) is 2.89. The Hall–Kier alpha value is -1.37. The Labute approximate surface area is 141 Å². The molecule has 1 fully saturated rings. The first-order valence-corrected chi connectivity index (χ1v) is 9.53. The lowest BCUT2D eigenvalue weighted by Crippen LogP contribution is -2.49. The van der Waals surface area contributed by atoms with Crippen molar-refractivity contribution in [3.05, 3.63) is 47.0 Å². The van der Waals surface area contributed by atoms with Crippen molar-refractivity contribution in [2.45, 2.75) is 37.6 Å². The molecule has 1 aromatic carbocycles. The summed E-state index contributed by atoms with van der Waals surface area (Å²) in [4.78, 5) is 4.77. The number of hydrogen-bond acceptors (Lipinski definition) is 3. The van der Waals surface area contributed by atoms with Gasteiger partial charge in [-0.3, -0.25) is 0 Å². The van der Waals surface area contributed by atoms with Crippen molar-refractivity contribution in [2.75, 3.05) is 13.1 Å². The van der Waals surface area contributed by atoms with Gasteiger partial charge in [0.25, 0.3) is 0 Å². The molecule has 0 bridgehead atoms. The lowest BCUT2D eigenvalue weighted by molar-refractivity contribution is 0.250. The third-order valence-corrected chi connectivity index (χ3v) is 6.30. The summed E-state index contributed by atoms with van der Waals surface area (Å²) in [7, 11) is -3.44. The van der Waals surface area contributed by atoms with Crippen LogP contribution < -0.4 is 0 Å². The summed E-state index contributed by atoms with van der Waals surface area (Å²) in [5, 5.41) is 0.530. The van der Waals surface area contributed by atoms with Crippen molar-refractivity contribution in [1.82, 2.24) is 13.9 Å². The monoisotopic (exact) mass is 353 g/mol. The van der Waals surface area contributed by atoms with Crippen LogP contribution in [0.25, 0.3) is 0 Å². The summed E-state index contributed by atoms with van der Waals surface area (Å²) in [6, 6.07) is 6.30. The SMILES string of the molecule is CCCn1c(C)cnc1C1CN(S(=O)(=O)c2ccc(Cl)cc2)C1. The van der Waals surface area contributed by atoms with E-state index in [1.165, 1.54) is 4.31 Å². The highest BCUT2D eigenvalue weighted by atomic mass is 35.5. The Balaban J connectivity index is 1.75. The third-order valence-electron chi connectivity index (χ3n) is 4.20. The number of hydrogen-bond donors (Lipinski definition) is 0. The summed E-state index contributed by atoms with van der Waals surface area (Å²) in [6.45, 7) is 6.03. The first kappa shape index (κ1) is 16.5. The zero-order valence-electron chi connectivity index (χ0n) is 13.2. The van der Waals surface area contributed by atoms with Crippen LogP contribution in [0.5, 0.6) is 0 Å². The molecule has 1 aliphatic rings. The minimum Gasteiger partial charge on any atom is -0.332 e. The molecule has 1 saturated heterocycles. The normalized spacial score (nSPS) is 16.5. The molecular weight excluding hydrogens is 334 g/mol. The molecule has 124 valence electrons. The van der Waals surface area contributed by atoms with Crippen LogP contribution in [0.15, 0.2) is 35.4 Å². The number of nitrogens with zero attached hydrogens (tertiary/aromatic N) is 3. The Bertz CT molecular complexity index is 793. The van der Waals surface area contributed by atoms with Crippen LogP contribution in [-0.4, -0.2) is 35.4 Å². The van der Waals surface area contributed by atoms with E-state index >= 15 is 0 Å². The molecule has 0 atom stereocenters. The molecule has 0 amide bonds. The first-order chi connectivity index (χ1) is 10.9. The minimum atomic E-state index is -3.44. The Morgan fingerprint density at radius 2 is 1.91 bits per heavy atom. The van der Waals surface area contributed by atoms with Gasteiger partial charge in [0.15, 0.2) is 0 Å². The summed E-state index contributed by atoms with van der Waals surface area (Å²) in [5.41, 5.74) is 1.13. The standard InChI is InChI=1S/C16H20ClN3O2S/c1-3-8-20-12(2)9-18-16(20)13-10-19(11-13)23(21,22)15-6-4-14(17)5-7-15/h4-7,9,13H,3,8,10-11H2,1-2H3. The van der Waals surface area contributed by atoms with Crippen molar-refractivity contribution >= 4 is 21.6 Å². The van der Waals surface area contributed by atoms with Crippen LogP contribution in [0, 0.1) is 6.92 Å². The average Bonchev–Trinajstić information content (AvgIpc) is 2.80. The summed E-state index contributed by atoms with van der Waals surface area (Å²) in [5.74, 6) is 1.16. The lowest BCUT2D eigenvalue weighted by Gasteiger charge is -2.37. The number of rotatable bonds is 5. The number of aryl methyl sites for hydroxylation is 1. The fourth-order valence-electron chi connectivity index (χ4n) is 2.87. The molecule has 0 saturated carbocycles. The van der Waals surface area contributed by atoms with Gasteiger partial charge in [-0.05, 0) is 37.6 Å². The van der Waals surface area contributed by atoms with Gasteiger partial charge in [0.1, 0.15) is 5.82 Å². The summed E-state index contributed by atoms with van der Waals surface area (Å²) < 4.78 is 28.8. The highest BCUT2D eigenvalue weighted by molar-refractivity contribution is 7.89. The molecule has 1 aromatic heterocycles. The van der Waals surface area contributed by atoms with Gasteiger partial charge in [0, 0.05) is 42.5 Å². The number of sulfonamides is 1. The maximum atomic E-state index is 12.6. The third kappa shape index (κ3) is 3.03. The van der Waals surface area contributed by atoms with Gasteiger partial charge in [0.05, 0.1) is 4.90 Å². The molecule has 23 heavy (non-hydrogen) atoms. The van der Waals surface area contributed by atoms with Gasteiger partial charge in [-0.15, -0.1) is 0 Å². The van der Waals surface area contributed by atoms with E-state index in [0.717, 1.165) is 24.5 Å². The number of benzene rings is 1. The topological polar surface area (TPSA) is 55.2 Å². The lowest BCUT2D eigenvalue weighted by atomic mass is 10.0. The molecule has 0 spiro atoms. The van der Waals surface area contributed by atoms with E-state index in [1.54, 1.807) is 24.3 Å². The molecule has 0 N–H and O–H groups in total. The van der Waals surface area contributed by atoms with Crippen LogP contribution >= 0.6 is 11.6 Å². The van der Waals surface area contributed by atoms with Gasteiger partial charge in [-0.25, -0.2) is 13.4 Å². The van der Waals surface area contributed by atoms with E-state index in [-0.39, 0.29) is 10.8 Å². The number of halogens is 1. The van der Waals surface area contributed by atoms with Crippen molar-refractivity contribution in [3.63, 3.8) is 0 Å². The fraction of sp³-hybridized carbons (Fsp3) is 0.438. The predicted molar refractivity (Wildman–Crippen MR) is 90.2 cm³/mol. The van der Waals surface area contributed by atoms with Crippen molar-refractivity contribution < 1.29 is 8.42 Å². The molecule has 0 aliphatic carbocycles. The van der Waals surface area contributed by atoms with E-state index in [9.17, 15) is 8.42 Å². The second-order valence-corrected chi connectivity index (χ2v) is 8.26. The van der Waals surface area contributed by atoms with Gasteiger partial charge in [-0.2, -0.15) is 4.31 Å². The van der Waals surface area contributed by atoms with Crippen LogP contribution in [0.1, 0.15) is 30.8 Å². The maximum absolute atomic E-state index is 12.6. The first-order valence-electron chi connectivity index (χ1n) is 7.71. The van der Waals surface area contributed by atoms with Crippen molar-refractivity contribution in [1.29, 1.82) is 0 Å². The smallest absolute Gasteiger partial charge is 0.243 e. The van der Waals surface area contributed by atoms with Gasteiger partial charge in [-0.1, -0.05) is 18.5 Å². The predicted octanol–water partition coefficient (Wildman–Crippen LogP) is 3.04. The van der Waals surface area contributed by atoms with Gasteiger partial charge >= 0.3 is 0 Å². The zero-order valence-corrected chi connectivity index (χ0v) is 14.8. The van der Waals surface area contributed by atoms with E-state index in [1.807, 2.05) is 13.1 Å².